The van der Waals surface area contributed by atoms with Crippen LogP contribution in [0.5, 0.6) is 0 Å². The van der Waals surface area contributed by atoms with Gasteiger partial charge in [-0.05, 0) is 43.9 Å². The van der Waals surface area contributed by atoms with Crippen molar-refractivity contribution in [2.75, 3.05) is 0 Å². The minimum absolute atomic E-state index is 0.163. The summed E-state index contributed by atoms with van der Waals surface area (Å²) in [7, 11) is 0. The van der Waals surface area contributed by atoms with E-state index in [-0.39, 0.29) is 10.8 Å². The first-order valence-corrected chi connectivity index (χ1v) is 7.49. The van der Waals surface area contributed by atoms with Crippen LogP contribution in [0.25, 0.3) is 21.9 Å². The van der Waals surface area contributed by atoms with Crippen LogP contribution in [0.4, 0.5) is 0 Å². The highest BCUT2D eigenvalue weighted by Gasteiger charge is 2.35. The third-order valence-electron chi connectivity index (χ3n) is 4.19. The zero-order chi connectivity index (χ0) is 14.7. The Morgan fingerprint density at radius 3 is 1.35 bits per heavy atom. The van der Waals surface area contributed by atoms with E-state index < -0.39 is 0 Å². The highest BCUT2D eigenvalue weighted by atomic mass is 14.4. The van der Waals surface area contributed by atoms with Crippen molar-refractivity contribution in [1.29, 1.82) is 0 Å². The summed E-state index contributed by atoms with van der Waals surface area (Å²) in [6.07, 6.45) is 0. The molecule has 0 amide bonds. The zero-order valence-corrected chi connectivity index (χ0v) is 13.5. The molecule has 0 heterocycles. The second-order valence-corrected chi connectivity index (χ2v) is 7.96. The lowest BCUT2D eigenvalue weighted by Crippen LogP contribution is -2.15. The van der Waals surface area contributed by atoms with Gasteiger partial charge in [-0.2, -0.15) is 0 Å². The second kappa shape index (κ2) is 3.97. The Morgan fingerprint density at radius 2 is 1.00 bits per heavy atom. The van der Waals surface area contributed by atoms with E-state index in [1.54, 1.807) is 0 Å². The van der Waals surface area contributed by atoms with Crippen LogP contribution in [-0.2, 0) is 0 Å². The van der Waals surface area contributed by atoms with Gasteiger partial charge in [0, 0.05) is 0 Å². The van der Waals surface area contributed by atoms with E-state index in [2.05, 4.69) is 77.9 Å². The monoisotopic (exact) mass is 264 g/mol. The second-order valence-electron chi connectivity index (χ2n) is 7.96. The lowest BCUT2D eigenvalue weighted by atomic mass is 9.74. The lowest BCUT2D eigenvalue weighted by molar-refractivity contribution is 0.537. The van der Waals surface area contributed by atoms with Crippen molar-refractivity contribution in [2.45, 2.75) is 41.5 Å². The number of hydrogen-bond donors (Lipinski definition) is 0. The quantitative estimate of drug-likeness (QED) is 0.535. The molecular formula is C20H24. The minimum Gasteiger partial charge on any atom is -0.0610 e. The van der Waals surface area contributed by atoms with Crippen LogP contribution in [0.1, 0.15) is 52.7 Å². The largest absolute Gasteiger partial charge is 0.0610 e. The Morgan fingerprint density at radius 1 is 0.600 bits per heavy atom. The summed E-state index contributed by atoms with van der Waals surface area (Å²) < 4.78 is 0. The van der Waals surface area contributed by atoms with Crippen LogP contribution in [0.15, 0.2) is 36.4 Å². The minimum atomic E-state index is 0.163. The van der Waals surface area contributed by atoms with Crippen molar-refractivity contribution >= 4 is 21.9 Å². The number of benzene rings is 2. The summed E-state index contributed by atoms with van der Waals surface area (Å²) in [5.74, 6) is 0. The predicted octanol–water partition coefficient (Wildman–Crippen LogP) is 6.16. The molecule has 0 fully saturated rings. The first-order chi connectivity index (χ1) is 9.21. The van der Waals surface area contributed by atoms with Gasteiger partial charge in [0.25, 0.3) is 0 Å². The molecule has 0 nitrogen and oxygen atoms in total. The maximum absolute atomic E-state index is 2.33. The topological polar surface area (TPSA) is 0 Å². The van der Waals surface area contributed by atoms with Gasteiger partial charge < -0.3 is 0 Å². The van der Waals surface area contributed by atoms with E-state index in [0.717, 1.165) is 0 Å². The molecule has 0 saturated carbocycles. The molecule has 1 aliphatic carbocycles. The van der Waals surface area contributed by atoms with Crippen LogP contribution in [0, 0.1) is 10.8 Å². The van der Waals surface area contributed by atoms with Crippen LogP contribution >= 0.6 is 0 Å². The van der Waals surface area contributed by atoms with E-state index in [1.165, 1.54) is 33.0 Å². The molecule has 0 spiro atoms. The van der Waals surface area contributed by atoms with Gasteiger partial charge in [0.15, 0.2) is 0 Å². The summed E-state index contributed by atoms with van der Waals surface area (Å²) in [4.78, 5) is 0. The molecular weight excluding hydrogens is 240 g/mol. The molecule has 0 aliphatic heterocycles. The molecule has 20 heavy (non-hydrogen) atoms. The summed E-state index contributed by atoms with van der Waals surface area (Å²) in [5, 5.41) is 2.81. The van der Waals surface area contributed by atoms with Crippen molar-refractivity contribution in [3.8, 4) is 0 Å². The Bertz CT molecular complexity index is 657. The van der Waals surface area contributed by atoms with Gasteiger partial charge in [0.1, 0.15) is 0 Å². The molecule has 0 bridgehead atoms. The molecule has 0 radical (unpaired) electrons. The Labute approximate surface area is 122 Å². The normalized spacial score (nSPS) is 15.3. The first kappa shape index (κ1) is 13.4. The van der Waals surface area contributed by atoms with Crippen LogP contribution in [-0.4, -0.2) is 0 Å². The lowest BCUT2D eigenvalue weighted by Gasteiger charge is -2.30. The third-order valence-corrected chi connectivity index (χ3v) is 4.19. The van der Waals surface area contributed by atoms with Gasteiger partial charge >= 0.3 is 0 Å². The fourth-order valence-corrected chi connectivity index (χ4v) is 3.59. The van der Waals surface area contributed by atoms with Crippen molar-refractivity contribution in [3.63, 3.8) is 0 Å². The molecule has 0 atom stereocenters. The maximum atomic E-state index is 2.33. The van der Waals surface area contributed by atoms with Crippen LogP contribution in [0.2, 0.25) is 0 Å². The van der Waals surface area contributed by atoms with E-state index in [1.807, 2.05) is 0 Å². The SMILES string of the molecule is CC(C)(C)C1=C(C(C)(C)C)c2cccc3cccc1c23. The van der Waals surface area contributed by atoms with Crippen molar-refractivity contribution in [1.82, 2.24) is 0 Å². The molecule has 3 rings (SSSR count). The van der Waals surface area contributed by atoms with Gasteiger partial charge in [-0.3, -0.25) is 0 Å². The molecule has 1 aliphatic rings. The Kier molecular flexibility index (Phi) is 2.67. The number of hydrogen-bond acceptors (Lipinski definition) is 0. The standard InChI is InChI=1S/C20H24/c1-19(2,3)17-14-11-7-9-13-10-8-12-15(16(13)14)18(17)20(4,5)6/h7-12H,1-6H3. The Balaban J connectivity index is 2.48. The smallest absolute Gasteiger partial charge is 0.00327 e. The third kappa shape index (κ3) is 1.82. The summed E-state index contributed by atoms with van der Waals surface area (Å²) in [5.41, 5.74) is 6.26. The van der Waals surface area contributed by atoms with Crippen molar-refractivity contribution in [2.24, 2.45) is 10.8 Å². The predicted molar refractivity (Wildman–Crippen MR) is 89.7 cm³/mol. The van der Waals surface area contributed by atoms with Crippen LogP contribution in [0.3, 0.4) is 0 Å². The summed E-state index contributed by atoms with van der Waals surface area (Å²) in [6, 6.07) is 13.4. The van der Waals surface area contributed by atoms with E-state index >= 15 is 0 Å². The summed E-state index contributed by atoms with van der Waals surface area (Å²) >= 11 is 0. The molecule has 2 aromatic rings. The molecule has 104 valence electrons. The maximum Gasteiger partial charge on any atom is -0.00327 e. The van der Waals surface area contributed by atoms with Crippen molar-refractivity contribution in [3.05, 3.63) is 47.5 Å². The molecule has 0 N–H and O–H groups in total. The number of rotatable bonds is 0. The van der Waals surface area contributed by atoms with E-state index in [4.69, 9.17) is 0 Å². The van der Waals surface area contributed by atoms with E-state index in [9.17, 15) is 0 Å². The van der Waals surface area contributed by atoms with E-state index in [0.29, 0.717) is 0 Å². The van der Waals surface area contributed by atoms with Gasteiger partial charge in [-0.25, -0.2) is 0 Å². The fourth-order valence-electron chi connectivity index (χ4n) is 3.59. The summed E-state index contributed by atoms with van der Waals surface area (Å²) in [6.45, 7) is 14.0. The average Bonchev–Trinajstić information content (AvgIpc) is 2.66. The Hall–Kier alpha value is -1.56. The first-order valence-electron chi connectivity index (χ1n) is 7.49. The number of allylic oxidation sites excluding steroid dienone is 2. The molecule has 0 aromatic heterocycles. The molecule has 0 saturated heterocycles. The van der Waals surface area contributed by atoms with Crippen molar-refractivity contribution < 1.29 is 0 Å². The molecule has 2 aromatic carbocycles. The van der Waals surface area contributed by atoms with Gasteiger partial charge in [0.05, 0.1) is 0 Å². The zero-order valence-electron chi connectivity index (χ0n) is 13.5. The molecule has 0 heteroatoms. The van der Waals surface area contributed by atoms with Gasteiger partial charge in [-0.15, -0.1) is 0 Å². The average molecular weight is 264 g/mol. The molecule has 0 unspecified atom stereocenters. The fraction of sp³-hybridized carbons (Fsp3) is 0.400. The highest BCUT2D eigenvalue weighted by Crippen LogP contribution is 2.54. The van der Waals surface area contributed by atoms with Gasteiger partial charge in [0.2, 0.25) is 0 Å². The highest BCUT2D eigenvalue weighted by molar-refractivity contribution is 6.15. The van der Waals surface area contributed by atoms with Crippen LogP contribution < -0.4 is 0 Å². The van der Waals surface area contributed by atoms with Gasteiger partial charge in [-0.1, -0.05) is 77.9 Å².